The van der Waals surface area contributed by atoms with Crippen LogP contribution in [0.4, 0.5) is 10.1 Å². The number of carbonyl (C=O) groups excluding carboxylic acids is 3. The highest BCUT2D eigenvalue weighted by atomic mass is 19.1. The van der Waals surface area contributed by atoms with E-state index in [1.54, 1.807) is 12.1 Å². The summed E-state index contributed by atoms with van der Waals surface area (Å²) < 4.78 is 19.2. The SMILES string of the molecule is O=C(CN(C(=O)CNC(=O)c1ccco1)c1ccccc1F)NC1CCCC1. The first-order valence-electron chi connectivity index (χ1n) is 9.20. The number of halogens is 1. The van der Waals surface area contributed by atoms with Crippen LogP contribution in [-0.4, -0.2) is 36.9 Å². The van der Waals surface area contributed by atoms with Crippen molar-refractivity contribution in [3.05, 3.63) is 54.2 Å². The second-order valence-electron chi connectivity index (χ2n) is 6.64. The second kappa shape index (κ2) is 9.16. The van der Waals surface area contributed by atoms with E-state index < -0.39 is 24.2 Å². The van der Waals surface area contributed by atoms with Gasteiger partial charge in [0.05, 0.1) is 18.5 Å². The molecule has 0 atom stereocenters. The number of rotatable bonds is 7. The second-order valence-corrected chi connectivity index (χ2v) is 6.64. The molecule has 1 fully saturated rings. The maximum absolute atomic E-state index is 14.2. The van der Waals surface area contributed by atoms with Gasteiger partial charge in [-0.05, 0) is 37.1 Å². The van der Waals surface area contributed by atoms with E-state index in [9.17, 15) is 18.8 Å². The van der Waals surface area contributed by atoms with Gasteiger partial charge in [-0.3, -0.25) is 19.3 Å². The number of nitrogens with zero attached hydrogens (tertiary/aromatic N) is 1. The first kappa shape index (κ1) is 19.6. The number of para-hydroxylation sites is 1. The van der Waals surface area contributed by atoms with Crippen LogP contribution in [0.25, 0.3) is 0 Å². The summed E-state index contributed by atoms with van der Waals surface area (Å²) in [5.74, 6) is -2.10. The zero-order chi connectivity index (χ0) is 19.9. The molecule has 1 aromatic carbocycles. The molecule has 2 aromatic rings. The molecular formula is C20H22FN3O4. The van der Waals surface area contributed by atoms with Crippen molar-refractivity contribution in [3.8, 4) is 0 Å². The average Bonchev–Trinajstić information content (AvgIpc) is 3.38. The fourth-order valence-corrected chi connectivity index (χ4v) is 3.21. The number of carbonyl (C=O) groups is 3. The van der Waals surface area contributed by atoms with Crippen LogP contribution in [0.15, 0.2) is 47.1 Å². The van der Waals surface area contributed by atoms with Crippen LogP contribution in [0.5, 0.6) is 0 Å². The van der Waals surface area contributed by atoms with Crippen LogP contribution < -0.4 is 15.5 Å². The van der Waals surface area contributed by atoms with Crippen LogP contribution in [0.3, 0.4) is 0 Å². The lowest BCUT2D eigenvalue weighted by Crippen LogP contribution is -2.47. The molecule has 0 saturated heterocycles. The van der Waals surface area contributed by atoms with Gasteiger partial charge in [0.25, 0.3) is 5.91 Å². The normalized spacial score (nSPS) is 13.9. The van der Waals surface area contributed by atoms with E-state index in [1.807, 2.05) is 0 Å². The van der Waals surface area contributed by atoms with Crippen molar-refractivity contribution in [2.75, 3.05) is 18.0 Å². The molecule has 3 rings (SSSR count). The number of hydrogen-bond acceptors (Lipinski definition) is 4. The predicted octanol–water partition coefficient (Wildman–Crippen LogP) is 2.24. The minimum absolute atomic E-state index is 0.0127. The maximum Gasteiger partial charge on any atom is 0.287 e. The lowest BCUT2D eigenvalue weighted by atomic mass is 10.2. The maximum atomic E-state index is 14.2. The van der Waals surface area contributed by atoms with Gasteiger partial charge in [-0.25, -0.2) is 4.39 Å². The molecule has 2 N–H and O–H groups in total. The van der Waals surface area contributed by atoms with Crippen LogP contribution in [0.2, 0.25) is 0 Å². The summed E-state index contributed by atoms with van der Waals surface area (Å²) in [4.78, 5) is 38.1. The standard InChI is InChI=1S/C20H22FN3O4/c21-15-8-3-4-9-16(15)24(13-18(25)23-14-6-1-2-7-14)19(26)12-22-20(27)17-10-5-11-28-17/h3-5,8-11,14H,1-2,6-7,12-13H2,(H,22,27)(H,23,25). The van der Waals surface area contributed by atoms with Gasteiger partial charge in [-0.2, -0.15) is 0 Å². The molecule has 1 heterocycles. The molecule has 0 aliphatic heterocycles. The van der Waals surface area contributed by atoms with E-state index in [-0.39, 0.29) is 29.9 Å². The smallest absolute Gasteiger partial charge is 0.287 e. The molecule has 0 spiro atoms. The highest BCUT2D eigenvalue weighted by Gasteiger charge is 2.24. The van der Waals surface area contributed by atoms with Gasteiger partial charge < -0.3 is 15.1 Å². The minimum Gasteiger partial charge on any atom is -0.459 e. The van der Waals surface area contributed by atoms with Crippen molar-refractivity contribution in [1.29, 1.82) is 0 Å². The Balaban J connectivity index is 1.68. The van der Waals surface area contributed by atoms with Crippen molar-refractivity contribution >= 4 is 23.4 Å². The Hall–Kier alpha value is -3.16. The molecule has 1 saturated carbocycles. The Morgan fingerprint density at radius 3 is 2.54 bits per heavy atom. The topological polar surface area (TPSA) is 91.7 Å². The molecule has 1 aliphatic carbocycles. The monoisotopic (exact) mass is 387 g/mol. The third kappa shape index (κ3) is 4.97. The molecule has 3 amide bonds. The van der Waals surface area contributed by atoms with Gasteiger partial charge in [-0.1, -0.05) is 25.0 Å². The van der Waals surface area contributed by atoms with E-state index in [0.29, 0.717) is 0 Å². The molecule has 28 heavy (non-hydrogen) atoms. The molecule has 1 aromatic heterocycles. The van der Waals surface area contributed by atoms with E-state index >= 15 is 0 Å². The lowest BCUT2D eigenvalue weighted by molar-refractivity contribution is -0.123. The quantitative estimate of drug-likeness (QED) is 0.762. The van der Waals surface area contributed by atoms with E-state index in [2.05, 4.69) is 10.6 Å². The summed E-state index contributed by atoms with van der Waals surface area (Å²) in [6.45, 7) is -0.725. The Kier molecular flexibility index (Phi) is 6.41. The molecule has 8 heteroatoms. The van der Waals surface area contributed by atoms with Gasteiger partial charge in [0.15, 0.2) is 5.76 Å². The van der Waals surface area contributed by atoms with E-state index in [0.717, 1.165) is 30.6 Å². The highest BCUT2D eigenvalue weighted by molar-refractivity contribution is 6.02. The minimum atomic E-state index is -0.623. The zero-order valence-corrected chi connectivity index (χ0v) is 15.3. The first-order chi connectivity index (χ1) is 13.5. The van der Waals surface area contributed by atoms with E-state index in [1.165, 1.54) is 30.5 Å². The van der Waals surface area contributed by atoms with Crippen LogP contribution in [0, 0.1) is 5.82 Å². The number of amides is 3. The number of anilines is 1. The van der Waals surface area contributed by atoms with Crippen molar-refractivity contribution in [3.63, 3.8) is 0 Å². The average molecular weight is 387 g/mol. The Bertz CT molecular complexity index is 832. The molecule has 0 unspecified atom stereocenters. The third-order valence-corrected chi connectivity index (χ3v) is 4.61. The number of benzene rings is 1. The summed E-state index contributed by atoms with van der Waals surface area (Å²) in [6.07, 6.45) is 5.26. The molecule has 148 valence electrons. The van der Waals surface area contributed by atoms with Crippen LogP contribution in [-0.2, 0) is 9.59 Å². The fourth-order valence-electron chi connectivity index (χ4n) is 3.21. The van der Waals surface area contributed by atoms with Gasteiger partial charge in [0.2, 0.25) is 11.8 Å². The molecule has 0 radical (unpaired) electrons. The highest BCUT2D eigenvalue weighted by Crippen LogP contribution is 2.20. The first-order valence-corrected chi connectivity index (χ1v) is 9.20. The third-order valence-electron chi connectivity index (χ3n) is 4.61. The summed E-state index contributed by atoms with van der Waals surface area (Å²) >= 11 is 0. The number of nitrogens with one attached hydrogen (secondary N) is 2. The van der Waals surface area contributed by atoms with Crippen molar-refractivity contribution in [1.82, 2.24) is 10.6 Å². The Morgan fingerprint density at radius 2 is 1.86 bits per heavy atom. The van der Waals surface area contributed by atoms with Gasteiger partial charge in [-0.15, -0.1) is 0 Å². The molecule has 0 bridgehead atoms. The van der Waals surface area contributed by atoms with Gasteiger partial charge in [0.1, 0.15) is 12.4 Å². The van der Waals surface area contributed by atoms with E-state index in [4.69, 9.17) is 4.42 Å². The molecular weight excluding hydrogens is 365 g/mol. The molecule has 7 nitrogen and oxygen atoms in total. The predicted molar refractivity (Wildman–Crippen MR) is 100 cm³/mol. The van der Waals surface area contributed by atoms with Crippen LogP contribution >= 0.6 is 0 Å². The van der Waals surface area contributed by atoms with Gasteiger partial charge >= 0.3 is 0 Å². The van der Waals surface area contributed by atoms with Crippen molar-refractivity contribution in [2.24, 2.45) is 0 Å². The fraction of sp³-hybridized carbons (Fsp3) is 0.350. The van der Waals surface area contributed by atoms with Crippen molar-refractivity contribution in [2.45, 2.75) is 31.7 Å². The summed E-state index contributed by atoms with van der Waals surface area (Å²) in [5, 5.41) is 5.31. The largest absolute Gasteiger partial charge is 0.459 e. The molecule has 1 aliphatic rings. The summed E-state index contributed by atoms with van der Waals surface area (Å²) in [5.41, 5.74) is -0.0127. The lowest BCUT2D eigenvalue weighted by Gasteiger charge is -2.24. The van der Waals surface area contributed by atoms with Gasteiger partial charge in [0, 0.05) is 6.04 Å². The number of furan rings is 1. The Labute approximate surface area is 161 Å². The Morgan fingerprint density at radius 1 is 1.11 bits per heavy atom. The zero-order valence-electron chi connectivity index (χ0n) is 15.3. The van der Waals surface area contributed by atoms with Crippen molar-refractivity contribution < 1.29 is 23.2 Å². The van der Waals surface area contributed by atoms with Crippen LogP contribution in [0.1, 0.15) is 36.2 Å². The number of hydrogen-bond donors (Lipinski definition) is 2. The summed E-state index contributed by atoms with van der Waals surface area (Å²) in [6, 6.07) is 8.81. The summed E-state index contributed by atoms with van der Waals surface area (Å²) in [7, 11) is 0.